The van der Waals surface area contributed by atoms with E-state index in [1.165, 1.54) is 0 Å². The fraction of sp³-hybridized carbons (Fsp3) is 0.158. The Kier molecular flexibility index (Phi) is 5.23. The third-order valence-corrected chi connectivity index (χ3v) is 4.57. The number of rotatable bonds is 5. The molecule has 0 atom stereocenters. The van der Waals surface area contributed by atoms with Crippen LogP contribution in [0.25, 0.3) is 0 Å². The molecular formula is C19H16ClN3O4. The van der Waals surface area contributed by atoms with Gasteiger partial charge in [0.2, 0.25) is 5.91 Å². The number of carbonyl (C=O) groups excluding carboxylic acids is 4. The molecule has 2 aromatic rings. The molecule has 0 unspecified atom stereocenters. The van der Waals surface area contributed by atoms with Crippen molar-refractivity contribution in [2.75, 3.05) is 11.9 Å². The van der Waals surface area contributed by atoms with E-state index in [1.807, 2.05) is 0 Å². The van der Waals surface area contributed by atoms with Crippen LogP contribution in [0, 0.1) is 6.92 Å². The molecule has 0 spiro atoms. The zero-order valence-corrected chi connectivity index (χ0v) is 15.2. The first-order valence-corrected chi connectivity index (χ1v) is 8.52. The van der Waals surface area contributed by atoms with Gasteiger partial charge in [0.15, 0.2) is 0 Å². The molecule has 138 valence electrons. The zero-order valence-electron chi connectivity index (χ0n) is 14.4. The average Bonchev–Trinajstić information content (AvgIpc) is 2.84. The van der Waals surface area contributed by atoms with Gasteiger partial charge in [-0.3, -0.25) is 19.3 Å². The molecule has 0 saturated carbocycles. The largest absolute Gasteiger partial charge is 0.335 e. The van der Waals surface area contributed by atoms with Crippen molar-refractivity contribution < 1.29 is 19.2 Å². The number of imide groups is 2. The van der Waals surface area contributed by atoms with E-state index >= 15 is 0 Å². The topological polar surface area (TPSA) is 86.8 Å². The fourth-order valence-corrected chi connectivity index (χ4v) is 2.85. The predicted molar refractivity (Wildman–Crippen MR) is 98.9 cm³/mol. The van der Waals surface area contributed by atoms with Crippen LogP contribution in [0.5, 0.6) is 0 Å². The second-order valence-electron chi connectivity index (χ2n) is 6.01. The molecule has 5 amide bonds. The van der Waals surface area contributed by atoms with E-state index < -0.39 is 30.3 Å². The monoisotopic (exact) mass is 385 g/mol. The lowest BCUT2D eigenvalue weighted by Crippen LogP contribution is -2.39. The Labute approximate surface area is 160 Å². The Morgan fingerprint density at radius 2 is 1.63 bits per heavy atom. The number of nitrogens with zero attached hydrogens (tertiary/aromatic N) is 2. The quantitative estimate of drug-likeness (QED) is 0.633. The highest BCUT2D eigenvalue weighted by Crippen LogP contribution is 2.23. The molecule has 27 heavy (non-hydrogen) atoms. The number of amides is 5. The van der Waals surface area contributed by atoms with Gasteiger partial charge >= 0.3 is 17.8 Å². The maximum absolute atomic E-state index is 12.4. The van der Waals surface area contributed by atoms with E-state index in [4.69, 9.17) is 11.6 Å². The molecule has 0 aliphatic carbocycles. The molecule has 8 heteroatoms. The minimum atomic E-state index is -1.02. The van der Waals surface area contributed by atoms with Crippen LogP contribution in [0.1, 0.15) is 11.1 Å². The number of anilines is 1. The van der Waals surface area contributed by atoms with Crippen LogP contribution in [0.4, 0.5) is 10.5 Å². The predicted octanol–water partition coefficient (Wildman–Crippen LogP) is 2.58. The zero-order chi connectivity index (χ0) is 19.6. The van der Waals surface area contributed by atoms with Gasteiger partial charge in [0.25, 0.3) is 0 Å². The van der Waals surface area contributed by atoms with Gasteiger partial charge in [-0.1, -0.05) is 48.0 Å². The maximum Gasteiger partial charge on any atom is 0.335 e. The third-order valence-electron chi connectivity index (χ3n) is 4.16. The van der Waals surface area contributed by atoms with E-state index in [0.717, 1.165) is 4.90 Å². The smallest absolute Gasteiger partial charge is 0.324 e. The number of carbonyl (C=O) groups is 4. The molecule has 3 rings (SSSR count). The first-order chi connectivity index (χ1) is 12.9. The number of hydrogen-bond acceptors (Lipinski definition) is 4. The first-order valence-electron chi connectivity index (χ1n) is 8.14. The summed E-state index contributed by atoms with van der Waals surface area (Å²) in [7, 11) is 0. The number of benzene rings is 2. The van der Waals surface area contributed by atoms with E-state index in [0.29, 0.717) is 26.7 Å². The summed E-state index contributed by atoms with van der Waals surface area (Å²) >= 11 is 6.01. The van der Waals surface area contributed by atoms with Gasteiger partial charge in [0.05, 0.1) is 6.54 Å². The third kappa shape index (κ3) is 3.83. The molecule has 7 nitrogen and oxygen atoms in total. The Bertz CT molecular complexity index is 930. The molecule has 1 aliphatic heterocycles. The lowest BCUT2D eigenvalue weighted by atomic mass is 10.2. The highest BCUT2D eigenvalue weighted by molar-refractivity contribution is 6.45. The van der Waals surface area contributed by atoms with Crippen LogP contribution in [-0.2, 0) is 20.9 Å². The first kappa shape index (κ1) is 18.6. The Hall–Kier alpha value is -3.19. The molecule has 1 fully saturated rings. The van der Waals surface area contributed by atoms with Gasteiger partial charge < -0.3 is 5.32 Å². The summed E-state index contributed by atoms with van der Waals surface area (Å²) in [5.41, 5.74) is 1.83. The van der Waals surface area contributed by atoms with Crippen LogP contribution in [-0.4, -0.2) is 40.1 Å². The highest BCUT2D eigenvalue weighted by atomic mass is 35.5. The fourth-order valence-electron chi connectivity index (χ4n) is 2.67. The summed E-state index contributed by atoms with van der Waals surface area (Å²) in [5.74, 6) is -2.57. The van der Waals surface area contributed by atoms with E-state index in [9.17, 15) is 19.2 Å². The van der Waals surface area contributed by atoms with Crippen molar-refractivity contribution in [3.63, 3.8) is 0 Å². The molecular weight excluding hydrogens is 370 g/mol. The van der Waals surface area contributed by atoms with E-state index in [1.54, 1.807) is 55.5 Å². The Morgan fingerprint density at radius 1 is 0.963 bits per heavy atom. The molecule has 0 radical (unpaired) electrons. The van der Waals surface area contributed by atoms with Gasteiger partial charge in [0, 0.05) is 10.7 Å². The summed E-state index contributed by atoms with van der Waals surface area (Å²) in [6.07, 6.45) is 0. The summed E-state index contributed by atoms with van der Waals surface area (Å²) < 4.78 is 0. The lowest BCUT2D eigenvalue weighted by Gasteiger charge is -2.16. The van der Waals surface area contributed by atoms with Crippen LogP contribution < -0.4 is 5.32 Å². The van der Waals surface area contributed by atoms with Crippen molar-refractivity contribution in [2.24, 2.45) is 0 Å². The van der Waals surface area contributed by atoms with Crippen LogP contribution in [0.2, 0.25) is 5.02 Å². The summed E-state index contributed by atoms with van der Waals surface area (Å²) in [5, 5.41) is 3.08. The average molecular weight is 386 g/mol. The van der Waals surface area contributed by atoms with E-state index in [2.05, 4.69) is 5.32 Å². The minimum absolute atomic E-state index is 0.0320. The van der Waals surface area contributed by atoms with Crippen LogP contribution in [0.3, 0.4) is 0 Å². The Balaban J connectivity index is 1.70. The number of nitrogens with one attached hydrogen (secondary N) is 1. The van der Waals surface area contributed by atoms with Crippen molar-refractivity contribution in [2.45, 2.75) is 13.5 Å². The molecule has 1 aliphatic rings. The standard InChI is InChI=1S/C19H16ClN3O4/c1-12-14(20)8-5-9-15(12)21-16(24)11-23-18(26)17(25)22(19(23)27)10-13-6-3-2-4-7-13/h2-9H,10-11H2,1H3,(H,21,24). The van der Waals surface area contributed by atoms with Crippen LogP contribution in [0.15, 0.2) is 48.5 Å². The van der Waals surface area contributed by atoms with Gasteiger partial charge in [-0.05, 0) is 30.2 Å². The van der Waals surface area contributed by atoms with Crippen molar-refractivity contribution in [3.05, 3.63) is 64.7 Å². The summed E-state index contributed by atoms with van der Waals surface area (Å²) in [6, 6.07) is 13.0. The SMILES string of the molecule is Cc1c(Cl)cccc1NC(=O)CN1C(=O)C(=O)N(Cc2ccccc2)C1=O. The molecule has 2 aromatic carbocycles. The van der Waals surface area contributed by atoms with Crippen LogP contribution >= 0.6 is 11.6 Å². The lowest BCUT2D eigenvalue weighted by molar-refractivity contribution is -0.143. The second-order valence-corrected chi connectivity index (χ2v) is 6.42. The van der Waals surface area contributed by atoms with Gasteiger partial charge in [-0.15, -0.1) is 0 Å². The maximum atomic E-state index is 12.4. The summed E-state index contributed by atoms with van der Waals surface area (Å²) in [4.78, 5) is 50.5. The van der Waals surface area contributed by atoms with Crippen molar-refractivity contribution >= 4 is 41.0 Å². The van der Waals surface area contributed by atoms with Gasteiger partial charge in [-0.25, -0.2) is 9.69 Å². The molecule has 0 aromatic heterocycles. The minimum Gasteiger partial charge on any atom is -0.324 e. The molecule has 0 bridgehead atoms. The van der Waals surface area contributed by atoms with Crippen molar-refractivity contribution in [3.8, 4) is 0 Å². The normalized spacial score (nSPS) is 14.1. The van der Waals surface area contributed by atoms with Gasteiger partial charge in [-0.2, -0.15) is 0 Å². The second kappa shape index (κ2) is 7.59. The van der Waals surface area contributed by atoms with Crippen molar-refractivity contribution in [1.29, 1.82) is 0 Å². The number of urea groups is 1. The van der Waals surface area contributed by atoms with Gasteiger partial charge in [0.1, 0.15) is 6.54 Å². The van der Waals surface area contributed by atoms with Crippen molar-refractivity contribution in [1.82, 2.24) is 9.80 Å². The number of hydrogen-bond donors (Lipinski definition) is 1. The summed E-state index contributed by atoms with van der Waals surface area (Å²) in [6.45, 7) is 1.14. The van der Waals surface area contributed by atoms with E-state index in [-0.39, 0.29) is 6.54 Å². The Morgan fingerprint density at radius 3 is 2.33 bits per heavy atom. The molecule has 1 saturated heterocycles. The highest BCUT2D eigenvalue weighted by Gasteiger charge is 2.45. The molecule has 1 heterocycles. The molecule has 1 N–H and O–H groups in total. The number of halogens is 1.